The van der Waals surface area contributed by atoms with Crippen LogP contribution in [0.25, 0.3) is 0 Å². The Morgan fingerprint density at radius 2 is 1.81 bits per heavy atom. The van der Waals surface area contributed by atoms with Gasteiger partial charge in [-0.15, -0.1) is 0 Å². The van der Waals surface area contributed by atoms with E-state index in [0.29, 0.717) is 29.0 Å². The lowest BCUT2D eigenvalue weighted by Gasteiger charge is -2.21. The van der Waals surface area contributed by atoms with Gasteiger partial charge in [0.2, 0.25) is 0 Å². The number of benzene rings is 2. The smallest absolute Gasteiger partial charge is 0.329 e. The Hall–Kier alpha value is -3.42. The molecule has 0 aliphatic heterocycles. The van der Waals surface area contributed by atoms with Gasteiger partial charge in [0.15, 0.2) is 6.61 Å². The van der Waals surface area contributed by atoms with Gasteiger partial charge in [-0.25, -0.2) is 9.18 Å². The topological polar surface area (TPSA) is 93.7 Å². The molecule has 2 rings (SSSR count). The summed E-state index contributed by atoms with van der Waals surface area (Å²) in [5, 5.41) is 5.23. The number of ether oxygens (including phenoxy) is 2. The summed E-state index contributed by atoms with van der Waals surface area (Å²) in [4.78, 5) is 37.3. The van der Waals surface area contributed by atoms with Crippen LogP contribution in [0, 0.1) is 18.7 Å². The van der Waals surface area contributed by atoms with E-state index in [1.54, 1.807) is 57.2 Å². The predicted octanol–water partition coefficient (Wildman–Crippen LogP) is 3.15. The average molecular weight is 445 g/mol. The van der Waals surface area contributed by atoms with Crippen molar-refractivity contribution in [3.63, 3.8) is 0 Å². The number of carbonyl (C=O) groups is 3. The van der Waals surface area contributed by atoms with E-state index in [0.717, 1.165) is 0 Å². The molecule has 0 aliphatic carbocycles. The monoisotopic (exact) mass is 444 g/mol. The van der Waals surface area contributed by atoms with E-state index in [1.165, 1.54) is 6.07 Å². The molecule has 2 aromatic rings. The van der Waals surface area contributed by atoms with Crippen LogP contribution in [0.2, 0.25) is 0 Å². The zero-order chi connectivity index (χ0) is 23.7. The number of rotatable bonds is 10. The Morgan fingerprint density at radius 3 is 2.47 bits per heavy atom. The minimum atomic E-state index is -0.948. The number of aryl methyl sites for hydroxylation is 1. The maximum Gasteiger partial charge on any atom is 0.329 e. The molecule has 8 heteroatoms. The van der Waals surface area contributed by atoms with Crippen LogP contribution in [-0.4, -0.2) is 37.0 Å². The number of nitrogens with one attached hydrogen (secondary N) is 2. The van der Waals surface area contributed by atoms with Crippen LogP contribution in [0.1, 0.15) is 42.3 Å². The summed E-state index contributed by atoms with van der Waals surface area (Å²) in [6, 6.07) is 10.4. The van der Waals surface area contributed by atoms with Gasteiger partial charge in [0, 0.05) is 6.54 Å². The van der Waals surface area contributed by atoms with E-state index >= 15 is 0 Å². The van der Waals surface area contributed by atoms with Crippen molar-refractivity contribution in [2.75, 3.05) is 13.2 Å². The van der Waals surface area contributed by atoms with Gasteiger partial charge in [-0.05, 0) is 49.1 Å². The van der Waals surface area contributed by atoms with Gasteiger partial charge in [0.25, 0.3) is 11.8 Å². The lowest BCUT2D eigenvalue weighted by Crippen LogP contribution is -2.46. The normalized spacial score (nSPS) is 11.6. The minimum absolute atomic E-state index is 0.103. The molecule has 0 aliphatic rings. The molecule has 2 N–H and O–H groups in total. The third kappa shape index (κ3) is 7.08. The molecule has 0 heterocycles. The van der Waals surface area contributed by atoms with Crippen molar-refractivity contribution >= 4 is 17.8 Å². The standard InChI is InChI=1S/C24H29FN2O5/c1-5-31-20-9-7-6-8-18(20)23(29)27-22(15(2)3)24(30)32-14-21(28)26-13-17-11-10-16(4)19(25)12-17/h6-12,15,22H,5,13-14H2,1-4H3,(H,26,28)(H,27,29)/t22-/m0/s1. The van der Waals surface area contributed by atoms with Gasteiger partial charge in [-0.2, -0.15) is 0 Å². The summed E-state index contributed by atoms with van der Waals surface area (Å²) in [6.07, 6.45) is 0. The molecule has 0 fully saturated rings. The van der Waals surface area contributed by atoms with Crippen LogP contribution in [0.5, 0.6) is 5.75 Å². The fourth-order valence-corrected chi connectivity index (χ4v) is 2.88. The summed E-state index contributed by atoms with van der Waals surface area (Å²) in [5.41, 5.74) is 1.41. The van der Waals surface area contributed by atoms with Crippen molar-refractivity contribution in [2.24, 2.45) is 5.92 Å². The number of halogens is 1. The lowest BCUT2D eigenvalue weighted by molar-refractivity contribution is -0.151. The Bertz CT molecular complexity index is 961. The van der Waals surface area contributed by atoms with Crippen LogP contribution in [0.4, 0.5) is 4.39 Å². The number of esters is 1. The SMILES string of the molecule is CCOc1ccccc1C(=O)N[C@H](C(=O)OCC(=O)NCc1ccc(C)c(F)c1)C(C)C. The lowest BCUT2D eigenvalue weighted by atomic mass is 10.0. The number of hydrogen-bond acceptors (Lipinski definition) is 5. The third-order valence-corrected chi connectivity index (χ3v) is 4.71. The highest BCUT2D eigenvalue weighted by Gasteiger charge is 2.27. The van der Waals surface area contributed by atoms with Crippen molar-refractivity contribution in [1.29, 1.82) is 0 Å². The van der Waals surface area contributed by atoms with Crippen LogP contribution in [0.3, 0.4) is 0 Å². The van der Waals surface area contributed by atoms with Gasteiger partial charge < -0.3 is 20.1 Å². The molecule has 1 atom stereocenters. The number of hydrogen-bond donors (Lipinski definition) is 2. The van der Waals surface area contributed by atoms with E-state index in [2.05, 4.69) is 10.6 Å². The van der Waals surface area contributed by atoms with Crippen molar-refractivity contribution < 1.29 is 28.2 Å². The minimum Gasteiger partial charge on any atom is -0.493 e. The fourth-order valence-electron chi connectivity index (χ4n) is 2.88. The van der Waals surface area contributed by atoms with Gasteiger partial charge in [0.05, 0.1) is 12.2 Å². The van der Waals surface area contributed by atoms with Crippen LogP contribution in [0.15, 0.2) is 42.5 Å². The molecule has 7 nitrogen and oxygen atoms in total. The molecule has 2 aromatic carbocycles. The van der Waals surface area contributed by atoms with Crippen LogP contribution in [-0.2, 0) is 20.9 Å². The van der Waals surface area contributed by atoms with Gasteiger partial charge >= 0.3 is 5.97 Å². The Morgan fingerprint density at radius 1 is 1.09 bits per heavy atom. The van der Waals surface area contributed by atoms with E-state index in [1.807, 2.05) is 6.92 Å². The molecular formula is C24H29FN2O5. The summed E-state index contributed by atoms with van der Waals surface area (Å²) < 4.78 is 24.2. The second-order valence-electron chi connectivity index (χ2n) is 7.59. The molecule has 0 radical (unpaired) electrons. The van der Waals surface area contributed by atoms with Crippen molar-refractivity contribution in [1.82, 2.24) is 10.6 Å². The third-order valence-electron chi connectivity index (χ3n) is 4.71. The molecule has 0 spiro atoms. The van der Waals surface area contributed by atoms with E-state index in [9.17, 15) is 18.8 Å². The maximum absolute atomic E-state index is 13.6. The van der Waals surface area contributed by atoms with Crippen molar-refractivity contribution in [3.8, 4) is 5.75 Å². The molecule has 32 heavy (non-hydrogen) atoms. The Kier molecular flexibility index (Phi) is 9.19. The van der Waals surface area contributed by atoms with Gasteiger partial charge in [0.1, 0.15) is 17.6 Å². The fraction of sp³-hybridized carbons (Fsp3) is 0.375. The van der Waals surface area contributed by atoms with Crippen LogP contribution < -0.4 is 15.4 Å². The highest BCUT2D eigenvalue weighted by Crippen LogP contribution is 2.18. The maximum atomic E-state index is 13.6. The highest BCUT2D eigenvalue weighted by atomic mass is 19.1. The zero-order valence-electron chi connectivity index (χ0n) is 18.7. The molecule has 0 bridgehead atoms. The zero-order valence-corrected chi connectivity index (χ0v) is 18.7. The van der Waals surface area contributed by atoms with E-state index < -0.39 is 30.4 Å². The van der Waals surface area contributed by atoms with E-state index in [4.69, 9.17) is 9.47 Å². The van der Waals surface area contributed by atoms with Gasteiger partial charge in [-0.1, -0.05) is 38.1 Å². The molecular weight excluding hydrogens is 415 g/mol. The molecule has 172 valence electrons. The molecule has 0 unspecified atom stereocenters. The summed E-state index contributed by atoms with van der Waals surface area (Å²) in [5.74, 6) is -1.95. The number of para-hydroxylation sites is 1. The number of amides is 2. The van der Waals surface area contributed by atoms with Crippen molar-refractivity contribution in [3.05, 3.63) is 65.0 Å². The first-order valence-electron chi connectivity index (χ1n) is 10.4. The van der Waals surface area contributed by atoms with Gasteiger partial charge in [-0.3, -0.25) is 9.59 Å². The Labute approximate surface area is 187 Å². The molecule has 0 saturated heterocycles. The molecule has 0 saturated carbocycles. The highest BCUT2D eigenvalue weighted by molar-refractivity contribution is 5.99. The second kappa shape index (κ2) is 11.8. The van der Waals surface area contributed by atoms with Crippen LogP contribution >= 0.6 is 0 Å². The Balaban J connectivity index is 1.91. The number of carbonyl (C=O) groups excluding carboxylic acids is 3. The first-order chi connectivity index (χ1) is 15.2. The van der Waals surface area contributed by atoms with Crippen molar-refractivity contribution in [2.45, 2.75) is 40.3 Å². The second-order valence-corrected chi connectivity index (χ2v) is 7.59. The summed E-state index contributed by atoms with van der Waals surface area (Å²) >= 11 is 0. The summed E-state index contributed by atoms with van der Waals surface area (Å²) in [7, 11) is 0. The predicted molar refractivity (Wildman–Crippen MR) is 118 cm³/mol. The molecule has 2 amide bonds. The first-order valence-corrected chi connectivity index (χ1v) is 10.4. The average Bonchev–Trinajstić information content (AvgIpc) is 2.76. The molecule has 0 aromatic heterocycles. The van der Waals surface area contributed by atoms with E-state index in [-0.39, 0.29) is 18.3 Å². The summed E-state index contributed by atoms with van der Waals surface area (Å²) in [6.45, 7) is 6.96. The largest absolute Gasteiger partial charge is 0.493 e. The first kappa shape index (κ1) is 24.8. The quantitative estimate of drug-likeness (QED) is 0.549.